The molecule has 0 bridgehead atoms. The van der Waals surface area contributed by atoms with Gasteiger partial charge < -0.3 is 14.8 Å². The van der Waals surface area contributed by atoms with Gasteiger partial charge in [-0.05, 0) is 64.7 Å². The first-order valence-corrected chi connectivity index (χ1v) is 14.3. The first-order chi connectivity index (χ1) is 18.4. The van der Waals surface area contributed by atoms with Crippen molar-refractivity contribution in [3.63, 3.8) is 0 Å². The molecule has 3 heterocycles. The van der Waals surface area contributed by atoms with E-state index >= 15 is 0 Å². The number of carbonyl (C=O) groups excluding carboxylic acids is 1. The van der Waals surface area contributed by atoms with E-state index in [1.165, 1.54) is 30.5 Å². The Balaban J connectivity index is 1.28. The molecule has 2 aromatic heterocycles. The van der Waals surface area contributed by atoms with Crippen molar-refractivity contribution in [2.45, 2.75) is 68.9 Å². The van der Waals surface area contributed by atoms with Crippen LogP contribution in [0.15, 0.2) is 47.5 Å². The number of nitrogens with one attached hydrogen (secondary N) is 1. The van der Waals surface area contributed by atoms with Crippen LogP contribution >= 0.6 is 0 Å². The van der Waals surface area contributed by atoms with E-state index in [2.05, 4.69) is 10.3 Å². The molecule has 1 aliphatic heterocycles. The van der Waals surface area contributed by atoms with Crippen molar-refractivity contribution in [1.82, 2.24) is 14.8 Å². The van der Waals surface area contributed by atoms with E-state index in [-0.39, 0.29) is 34.8 Å². The highest BCUT2D eigenvalue weighted by atomic mass is 32.2. The second kappa shape index (κ2) is 9.95. The van der Waals surface area contributed by atoms with E-state index in [0.29, 0.717) is 41.4 Å². The summed E-state index contributed by atoms with van der Waals surface area (Å²) in [5, 5.41) is 19.0. The molecule has 0 amide bonds. The molecular weight excluding hydrogens is 526 g/mol. The first kappa shape index (κ1) is 26.6. The zero-order valence-corrected chi connectivity index (χ0v) is 22.6. The number of aromatic nitrogens is 3. The lowest BCUT2D eigenvalue weighted by Gasteiger charge is -2.23. The van der Waals surface area contributed by atoms with Crippen molar-refractivity contribution in [3.8, 4) is 5.75 Å². The zero-order valence-electron chi connectivity index (χ0n) is 21.8. The Hall–Kier alpha value is -4.00. The standard InChI is InChI=1S/C26H29N5O7S/c1-26(2,3)30-23(28-24-20-11-13-39(35,36)22(20)10-12-27-24)15-21(29-30)16-4-7-19(14-16)38-25(32)37-18-8-5-17(6-9-18)31(33)34/h5-6,8-10,12,15-16,19H,4,7,11,13-14H2,1-3H3,(H,27,28)/t16-,19+/m0/s1. The number of carbonyl (C=O) groups is 1. The van der Waals surface area contributed by atoms with Crippen LogP contribution in [0.25, 0.3) is 0 Å². The summed E-state index contributed by atoms with van der Waals surface area (Å²) in [7, 11) is -3.29. The van der Waals surface area contributed by atoms with Gasteiger partial charge in [0.25, 0.3) is 5.69 Å². The van der Waals surface area contributed by atoms with Crippen LogP contribution in [0.1, 0.15) is 57.2 Å². The normalized spacial score (nSPS) is 19.9. The van der Waals surface area contributed by atoms with Crippen molar-refractivity contribution in [2.24, 2.45) is 0 Å². The van der Waals surface area contributed by atoms with Crippen molar-refractivity contribution >= 4 is 33.3 Å². The third kappa shape index (κ3) is 5.58. The highest BCUT2D eigenvalue weighted by molar-refractivity contribution is 7.91. The smallest absolute Gasteiger partial charge is 0.431 e. The summed E-state index contributed by atoms with van der Waals surface area (Å²) in [5.41, 5.74) is 1.05. The number of anilines is 2. The number of ether oxygens (including phenoxy) is 2. The summed E-state index contributed by atoms with van der Waals surface area (Å²) in [6, 6.07) is 8.68. The maximum atomic E-state index is 12.4. The van der Waals surface area contributed by atoms with Gasteiger partial charge in [0.05, 0.1) is 26.8 Å². The van der Waals surface area contributed by atoms with Crippen molar-refractivity contribution in [2.75, 3.05) is 11.1 Å². The second-order valence-corrected chi connectivity index (χ2v) is 12.8. The number of non-ortho nitro benzene ring substituents is 1. The number of nitro benzene ring substituents is 1. The van der Waals surface area contributed by atoms with Gasteiger partial charge in [0, 0.05) is 35.9 Å². The number of pyridine rings is 1. The minimum atomic E-state index is -3.29. The Kier molecular flexibility index (Phi) is 6.79. The number of benzene rings is 1. The molecule has 39 heavy (non-hydrogen) atoms. The first-order valence-electron chi connectivity index (χ1n) is 12.6. The number of hydrogen-bond acceptors (Lipinski definition) is 10. The number of sulfone groups is 1. The van der Waals surface area contributed by atoms with E-state index in [4.69, 9.17) is 14.6 Å². The van der Waals surface area contributed by atoms with Gasteiger partial charge >= 0.3 is 6.16 Å². The summed E-state index contributed by atoms with van der Waals surface area (Å²) in [5.74, 6) is 1.48. The van der Waals surface area contributed by atoms with E-state index < -0.39 is 20.9 Å². The van der Waals surface area contributed by atoms with E-state index in [9.17, 15) is 23.3 Å². The van der Waals surface area contributed by atoms with Crippen molar-refractivity contribution in [3.05, 3.63) is 64.0 Å². The molecule has 5 rings (SSSR count). The van der Waals surface area contributed by atoms with Crippen LogP contribution in [-0.4, -0.2) is 46.1 Å². The topological polar surface area (TPSA) is 156 Å². The number of nitrogens with zero attached hydrogens (tertiary/aromatic N) is 4. The Bertz CT molecular complexity index is 1530. The second-order valence-electron chi connectivity index (χ2n) is 10.7. The Morgan fingerprint density at radius 2 is 1.92 bits per heavy atom. The third-order valence-corrected chi connectivity index (χ3v) is 8.69. The predicted octanol–water partition coefficient (Wildman–Crippen LogP) is 4.87. The molecule has 1 aliphatic carbocycles. The highest BCUT2D eigenvalue weighted by Gasteiger charge is 2.33. The number of hydrogen-bond donors (Lipinski definition) is 1. The molecule has 2 aliphatic rings. The van der Waals surface area contributed by atoms with Crippen LogP contribution < -0.4 is 10.1 Å². The molecule has 0 spiro atoms. The molecule has 1 aromatic carbocycles. The molecule has 0 saturated heterocycles. The zero-order chi connectivity index (χ0) is 27.9. The quantitative estimate of drug-likeness (QED) is 0.193. The summed E-state index contributed by atoms with van der Waals surface area (Å²) in [6.07, 6.45) is 2.63. The molecule has 1 saturated carbocycles. The van der Waals surface area contributed by atoms with Crippen LogP contribution in [0.2, 0.25) is 0 Å². The van der Waals surface area contributed by atoms with Gasteiger partial charge in [-0.25, -0.2) is 22.9 Å². The van der Waals surface area contributed by atoms with Crippen LogP contribution in [0.5, 0.6) is 5.75 Å². The van der Waals surface area contributed by atoms with Gasteiger partial charge in [-0.15, -0.1) is 0 Å². The lowest BCUT2D eigenvalue weighted by molar-refractivity contribution is -0.384. The largest absolute Gasteiger partial charge is 0.514 e. The van der Waals surface area contributed by atoms with Crippen LogP contribution in [0.4, 0.5) is 22.1 Å². The van der Waals surface area contributed by atoms with Crippen LogP contribution in [0.3, 0.4) is 0 Å². The maximum Gasteiger partial charge on any atom is 0.514 e. The maximum absolute atomic E-state index is 12.4. The van der Waals surface area contributed by atoms with Gasteiger partial charge in [0.2, 0.25) is 0 Å². The molecule has 0 radical (unpaired) electrons. The monoisotopic (exact) mass is 555 g/mol. The predicted molar refractivity (Wildman–Crippen MR) is 141 cm³/mol. The highest BCUT2D eigenvalue weighted by Crippen LogP contribution is 2.39. The molecular formula is C26H29N5O7S. The molecule has 1 N–H and O–H groups in total. The SMILES string of the molecule is CC(C)(C)n1nc([C@H]2CC[C@@H](OC(=O)Oc3ccc([N+](=O)[O-])cc3)C2)cc1Nc1nccc2c1CCS2(=O)=O. The van der Waals surface area contributed by atoms with Gasteiger partial charge in [-0.2, -0.15) is 5.10 Å². The molecule has 2 atom stereocenters. The minimum absolute atomic E-state index is 0.0427. The summed E-state index contributed by atoms with van der Waals surface area (Å²) in [6.45, 7) is 6.07. The molecule has 1 fully saturated rings. The molecule has 206 valence electrons. The van der Waals surface area contributed by atoms with E-state index in [1.807, 2.05) is 31.5 Å². The fraction of sp³-hybridized carbons (Fsp3) is 0.423. The average Bonchev–Trinajstić information content (AvgIpc) is 3.57. The van der Waals surface area contributed by atoms with Gasteiger partial charge in [0.15, 0.2) is 9.84 Å². The Morgan fingerprint density at radius 3 is 2.62 bits per heavy atom. The van der Waals surface area contributed by atoms with E-state index in [1.54, 1.807) is 6.07 Å². The summed E-state index contributed by atoms with van der Waals surface area (Å²) < 4.78 is 37.3. The number of fused-ring (bicyclic) bond motifs is 1. The third-order valence-electron chi connectivity index (χ3n) is 6.89. The Morgan fingerprint density at radius 1 is 1.18 bits per heavy atom. The Labute approximate surface area is 225 Å². The van der Waals surface area contributed by atoms with Crippen LogP contribution in [-0.2, 0) is 26.5 Å². The van der Waals surface area contributed by atoms with E-state index in [0.717, 1.165) is 12.1 Å². The summed E-state index contributed by atoms with van der Waals surface area (Å²) in [4.78, 5) is 27.3. The average molecular weight is 556 g/mol. The fourth-order valence-electron chi connectivity index (χ4n) is 4.99. The number of rotatable bonds is 6. The minimum Gasteiger partial charge on any atom is -0.431 e. The van der Waals surface area contributed by atoms with Gasteiger partial charge in [-0.1, -0.05) is 0 Å². The molecule has 12 nitrogen and oxygen atoms in total. The fourth-order valence-corrected chi connectivity index (χ4v) is 6.53. The summed E-state index contributed by atoms with van der Waals surface area (Å²) >= 11 is 0. The lowest BCUT2D eigenvalue weighted by Crippen LogP contribution is -2.25. The molecule has 13 heteroatoms. The van der Waals surface area contributed by atoms with Gasteiger partial charge in [-0.3, -0.25) is 10.1 Å². The molecule has 0 unspecified atom stereocenters. The lowest BCUT2D eigenvalue weighted by atomic mass is 10.0. The van der Waals surface area contributed by atoms with Crippen molar-refractivity contribution in [1.29, 1.82) is 0 Å². The van der Waals surface area contributed by atoms with Gasteiger partial charge in [0.1, 0.15) is 23.5 Å². The van der Waals surface area contributed by atoms with Crippen molar-refractivity contribution < 1.29 is 27.6 Å². The van der Waals surface area contributed by atoms with Crippen LogP contribution in [0, 0.1) is 10.1 Å². The number of nitro groups is 1. The molecule has 3 aromatic rings.